The first kappa shape index (κ1) is 16.8. The summed E-state index contributed by atoms with van der Waals surface area (Å²) >= 11 is 1.58. The molecule has 3 heterocycles. The molecule has 128 valence electrons. The van der Waals surface area contributed by atoms with Crippen LogP contribution in [0.1, 0.15) is 12.6 Å². The molecule has 7 nitrogen and oxygen atoms in total. The molecule has 1 amide bonds. The Balaban J connectivity index is 1.52. The highest BCUT2D eigenvalue weighted by molar-refractivity contribution is 7.07. The van der Waals surface area contributed by atoms with Crippen molar-refractivity contribution >= 4 is 23.2 Å². The Labute approximate surface area is 146 Å². The van der Waals surface area contributed by atoms with Gasteiger partial charge in [-0.05, 0) is 20.0 Å². The Hall–Kier alpha value is -2.06. The van der Waals surface area contributed by atoms with Crippen molar-refractivity contribution in [2.24, 2.45) is 0 Å². The fourth-order valence-electron chi connectivity index (χ4n) is 2.74. The van der Waals surface area contributed by atoms with Crippen molar-refractivity contribution in [1.82, 2.24) is 24.8 Å². The summed E-state index contributed by atoms with van der Waals surface area (Å²) < 4.78 is 0. The molecule has 0 bridgehead atoms. The Bertz CT molecular complexity index is 642. The van der Waals surface area contributed by atoms with Crippen molar-refractivity contribution in [3.63, 3.8) is 0 Å². The Kier molecular flexibility index (Phi) is 5.37. The average molecular weight is 346 g/mol. The van der Waals surface area contributed by atoms with E-state index in [0.29, 0.717) is 19.6 Å². The number of aromatic nitrogens is 3. The molecule has 0 radical (unpaired) electrons. The molecule has 0 saturated carbocycles. The van der Waals surface area contributed by atoms with Gasteiger partial charge in [0.05, 0.1) is 17.2 Å². The Morgan fingerprint density at radius 1 is 1.25 bits per heavy atom. The lowest BCUT2D eigenvalue weighted by Crippen LogP contribution is -2.53. The third kappa shape index (κ3) is 3.88. The molecular formula is C16H22N6OS. The van der Waals surface area contributed by atoms with Crippen molar-refractivity contribution < 1.29 is 4.79 Å². The van der Waals surface area contributed by atoms with E-state index >= 15 is 0 Å². The van der Waals surface area contributed by atoms with Gasteiger partial charge in [-0.1, -0.05) is 0 Å². The molecule has 0 aliphatic carbocycles. The van der Waals surface area contributed by atoms with E-state index in [1.807, 2.05) is 40.7 Å². The van der Waals surface area contributed by atoms with Crippen LogP contribution in [0.2, 0.25) is 0 Å². The highest BCUT2D eigenvalue weighted by Crippen LogP contribution is 2.13. The number of nitrogens with zero attached hydrogens (tertiary/aromatic N) is 6. The minimum Gasteiger partial charge on any atom is -0.338 e. The standard InChI is InChI=1S/C16H22N6OS/c1-13(20(2)10-14-11-24-12-19-14)15(23)21-6-8-22(9-7-21)16-17-4-3-5-18-16/h3-5,11-13H,6-10H2,1-2H3. The third-order valence-corrected chi connectivity index (χ3v) is 4.98. The topological polar surface area (TPSA) is 65.5 Å². The summed E-state index contributed by atoms with van der Waals surface area (Å²) in [6.07, 6.45) is 3.49. The Morgan fingerprint density at radius 2 is 1.96 bits per heavy atom. The quantitative estimate of drug-likeness (QED) is 0.808. The normalized spacial score (nSPS) is 16.5. The summed E-state index contributed by atoms with van der Waals surface area (Å²) in [6.45, 7) is 5.57. The van der Waals surface area contributed by atoms with Crippen LogP contribution in [-0.2, 0) is 11.3 Å². The molecule has 1 aliphatic rings. The van der Waals surface area contributed by atoms with Crippen LogP contribution >= 0.6 is 11.3 Å². The first-order valence-electron chi connectivity index (χ1n) is 8.03. The largest absolute Gasteiger partial charge is 0.338 e. The molecule has 8 heteroatoms. The van der Waals surface area contributed by atoms with Crippen molar-refractivity contribution in [1.29, 1.82) is 0 Å². The second kappa shape index (κ2) is 7.67. The molecule has 0 N–H and O–H groups in total. The van der Waals surface area contributed by atoms with E-state index in [1.54, 1.807) is 23.7 Å². The lowest BCUT2D eigenvalue weighted by Gasteiger charge is -2.37. The maximum Gasteiger partial charge on any atom is 0.239 e. The molecule has 24 heavy (non-hydrogen) atoms. The lowest BCUT2D eigenvalue weighted by molar-refractivity contribution is -0.136. The Morgan fingerprint density at radius 3 is 2.58 bits per heavy atom. The number of likely N-dealkylation sites (N-methyl/N-ethyl adjacent to an activating group) is 1. The highest BCUT2D eigenvalue weighted by Gasteiger charge is 2.27. The fourth-order valence-corrected chi connectivity index (χ4v) is 3.29. The van der Waals surface area contributed by atoms with Crippen LogP contribution in [0.3, 0.4) is 0 Å². The molecule has 0 aromatic carbocycles. The van der Waals surface area contributed by atoms with Crippen LogP contribution in [0, 0.1) is 0 Å². The molecular weight excluding hydrogens is 324 g/mol. The first-order chi connectivity index (χ1) is 11.6. The van der Waals surface area contributed by atoms with E-state index in [4.69, 9.17) is 0 Å². The van der Waals surface area contributed by atoms with Gasteiger partial charge in [0.25, 0.3) is 0 Å². The smallest absolute Gasteiger partial charge is 0.239 e. The van der Waals surface area contributed by atoms with E-state index < -0.39 is 0 Å². The monoisotopic (exact) mass is 346 g/mol. The van der Waals surface area contributed by atoms with E-state index in [2.05, 4.69) is 19.9 Å². The van der Waals surface area contributed by atoms with E-state index in [-0.39, 0.29) is 11.9 Å². The zero-order valence-electron chi connectivity index (χ0n) is 14.0. The van der Waals surface area contributed by atoms with Gasteiger partial charge in [0, 0.05) is 50.5 Å². The third-order valence-electron chi connectivity index (χ3n) is 4.34. The number of carbonyl (C=O) groups excluding carboxylic acids is 1. The van der Waals surface area contributed by atoms with Gasteiger partial charge in [0.1, 0.15) is 0 Å². The maximum absolute atomic E-state index is 12.7. The van der Waals surface area contributed by atoms with Gasteiger partial charge in [0.15, 0.2) is 0 Å². The van der Waals surface area contributed by atoms with Gasteiger partial charge in [0.2, 0.25) is 11.9 Å². The van der Waals surface area contributed by atoms with Gasteiger partial charge < -0.3 is 9.80 Å². The number of hydrogen-bond acceptors (Lipinski definition) is 7. The molecule has 2 aromatic heterocycles. The van der Waals surface area contributed by atoms with Gasteiger partial charge in [-0.25, -0.2) is 15.0 Å². The molecule has 1 aliphatic heterocycles. The van der Waals surface area contributed by atoms with Crippen LogP contribution in [0.5, 0.6) is 0 Å². The zero-order valence-corrected chi connectivity index (χ0v) is 14.8. The summed E-state index contributed by atoms with van der Waals surface area (Å²) in [7, 11) is 1.97. The van der Waals surface area contributed by atoms with Crippen LogP contribution < -0.4 is 4.90 Å². The molecule has 2 aromatic rings. The van der Waals surface area contributed by atoms with Crippen LogP contribution in [0.25, 0.3) is 0 Å². The van der Waals surface area contributed by atoms with Crippen LogP contribution in [-0.4, -0.2) is 69.9 Å². The molecule has 1 fully saturated rings. The number of rotatable bonds is 5. The number of anilines is 1. The second-order valence-electron chi connectivity index (χ2n) is 5.93. The van der Waals surface area contributed by atoms with E-state index in [1.165, 1.54) is 0 Å². The summed E-state index contributed by atoms with van der Waals surface area (Å²) in [6, 6.07) is 1.65. The molecule has 1 unspecified atom stereocenters. The fraction of sp³-hybridized carbons (Fsp3) is 0.500. The zero-order chi connectivity index (χ0) is 16.9. The van der Waals surface area contributed by atoms with Crippen molar-refractivity contribution in [2.45, 2.75) is 19.5 Å². The SMILES string of the molecule is CC(C(=O)N1CCN(c2ncccn2)CC1)N(C)Cc1cscn1. The molecule has 0 spiro atoms. The molecule has 1 saturated heterocycles. The van der Waals surface area contributed by atoms with Gasteiger partial charge in [-0.3, -0.25) is 9.69 Å². The summed E-state index contributed by atoms with van der Waals surface area (Å²) in [5, 5.41) is 2.02. The number of piperazine rings is 1. The van der Waals surface area contributed by atoms with E-state index in [0.717, 1.165) is 24.7 Å². The summed E-state index contributed by atoms with van der Waals surface area (Å²) in [4.78, 5) is 31.7. The maximum atomic E-state index is 12.7. The van der Waals surface area contributed by atoms with Gasteiger partial charge >= 0.3 is 0 Å². The van der Waals surface area contributed by atoms with Gasteiger partial charge in [-0.15, -0.1) is 11.3 Å². The predicted octanol–water partition coefficient (Wildman–Crippen LogP) is 1.10. The number of thiazole rings is 1. The predicted molar refractivity (Wildman–Crippen MR) is 93.9 cm³/mol. The number of hydrogen-bond donors (Lipinski definition) is 0. The number of carbonyl (C=O) groups is 1. The number of amides is 1. The van der Waals surface area contributed by atoms with Crippen LogP contribution in [0.15, 0.2) is 29.4 Å². The van der Waals surface area contributed by atoms with E-state index in [9.17, 15) is 4.79 Å². The van der Waals surface area contributed by atoms with Crippen LogP contribution in [0.4, 0.5) is 5.95 Å². The average Bonchev–Trinajstić information content (AvgIpc) is 3.14. The lowest BCUT2D eigenvalue weighted by atomic mass is 10.2. The first-order valence-corrected chi connectivity index (χ1v) is 8.97. The summed E-state index contributed by atoms with van der Waals surface area (Å²) in [5.41, 5.74) is 2.83. The minimum absolute atomic E-state index is 0.161. The van der Waals surface area contributed by atoms with Crippen molar-refractivity contribution in [3.8, 4) is 0 Å². The van der Waals surface area contributed by atoms with Crippen molar-refractivity contribution in [2.75, 3.05) is 38.1 Å². The van der Waals surface area contributed by atoms with Gasteiger partial charge in [-0.2, -0.15) is 0 Å². The molecule has 1 atom stereocenters. The minimum atomic E-state index is -0.161. The van der Waals surface area contributed by atoms with Crippen molar-refractivity contribution in [3.05, 3.63) is 35.0 Å². The second-order valence-corrected chi connectivity index (χ2v) is 6.65. The molecule has 3 rings (SSSR count). The highest BCUT2D eigenvalue weighted by atomic mass is 32.1. The summed E-state index contributed by atoms with van der Waals surface area (Å²) in [5.74, 6) is 0.902.